The molecule has 3 aromatic rings. The number of hydrogen-bond acceptors (Lipinski definition) is 6. The summed E-state index contributed by atoms with van der Waals surface area (Å²) >= 11 is 1.63. The summed E-state index contributed by atoms with van der Waals surface area (Å²) in [6.45, 7) is 0. The minimum absolute atomic E-state index is 0.247. The second kappa shape index (κ2) is 7.55. The molecule has 1 heterocycles. The predicted molar refractivity (Wildman–Crippen MR) is 86.6 cm³/mol. The first-order valence-corrected chi connectivity index (χ1v) is 8.02. The van der Waals surface area contributed by atoms with Crippen molar-refractivity contribution in [2.45, 2.75) is 11.3 Å². The van der Waals surface area contributed by atoms with Crippen LogP contribution in [0.4, 0.5) is 0 Å². The van der Waals surface area contributed by atoms with Gasteiger partial charge in [0.2, 0.25) is 0 Å². The molecule has 1 aromatic heterocycles. The van der Waals surface area contributed by atoms with Gasteiger partial charge >= 0.3 is 5.97 Å². The predicted octanol–water partition coefficient (Wildman–Crippen LogP) is 2.75. The van der Waals surface area contributed by atoms with Gasteiger partial charge in [0.1, 0.15) is 12.1 Å². The van der Waals surface area contributed by atoms with E-state index in [-0.39, 0.29) is 5.97 Å². The van der Waals surface area contributed by atoms with Gasteiger partial charge in [0.25, 0.3) is 0 Å². The summed E-state index contributed by atoms with van der Waals surface area (Å²) in [5.41, 5.74) is 0.800. The normalized spacial score (nSPS) is 10.4. The molecule has 0 aliphatic heterocycles. The number of tetrazole rings is 1. The summed E-state index contributed by atoms with van der Waals surface area (Å²) in [6.07, 6.45) is 1.86. The molecule has 23 heavy (non-hydrogen) atoms. The molecule has 0 fully saturated rings. The van der Waals surface area contributed by atoms with Crippen LogP contribution in [0.5, 0.6) is 5.75 Å². The molecule has 2 aromatic carbocycles. The van der Waals surface area contributed by atoms with E-state index in [0.29, 0.717) is 17.9 Å². The van der Waals surface area contributed by atoms with Gasteiger partial charge in [-0.15, -0.1) is 16.9 Å². The highest BCUT2D eigenvalue weighted by Crippen LogP contribution is 2.19. The molecule has 0 saturated heterocycles. The smallest absolute Gasteiger partial charge is 0.312 e. The Hall–Kier alpha value is -2.67. The molecule has 0 saturated carbocycles. The quantitative estimate of drug-likeness (QED) is 0.394. The first-order chi connectivity index (χ1) is 11.3. The van der Waals surface area contributed by atoms with Gasteiger partial charge in [-0.1, -0.05) is 18.2 Å². The maximum Gasteiger partial charge on any atom is 0.312 e. The zero-order valence-corrected chi connectivity index (χ0v) is 13.0. The number of benzene rings is 2. The van der Waals surface area contributed by atoms with E-state index in [2.05, 4.69) is 15.5 Å². The fourth-order valence-electron chi connectivity index (χ4n) is 1.90. The number of rotatable bonds is 6. The van der Waals surface area contributed by atoms with Crippen LogP contribution in [-0.2, 0) is 4.79 Å². The lowest BCUT2D eigenvalue weighted by molar-refractivity contribution is -0.133. The molecule has 0 aliphatic carbocycles. The lowest BCUT2D eigenvalue weighted by Gasteiger charge is -2.05. The van der Waals surface area contributed by atoms with Gasteiger partial charge in [-0.2, -0.15) is 0 Å². The van der Waals surface area contributed by atoms with Crippen LogP contribution in [-0.4, -0.2) is 31.9 Å². The highest BCUT2D eigenvalue weighted by Gasteiger charge is 2.06. The van der Waals surface area contributed by atoms with Gasteiger partial charge in [0, 0.05) is 10.6 Å². The van der Waals surface area contributed by atoms with Gasteiger partial charge in [-0.25, -0.2) is 4.68 Å². The van der Waals surface area contributed by atoms with Crippen molar-refractivity contribution in [1.29, 1.82) is 0 Å². The molecular weight excluding hydrogens is 312 g/mol. The SMILES string of the molecule is O=C(CCSc1ccccc1)Oc1ccc(-n2cnnn2)cc1. The van der Waals surface area contributed by atoms with E-state index in [9.17, 15) is 4.79 Å². The second-order valence-corrected chi connectivity index (χ2v) is 5.80. The van der Waals surface area contributed by atoms with Crippen molar-refractivity contribution in [1.82, 2.24) is 20.2 Å². The Morgan fingerprint density at radius 2 is 1.87 bits per heavy atom. The summed E-state index contributed by atoms with van der Waals surface area (Å²) < 4.78 is 6.84. The monoisotopic (exact) mass is 326 g/mol. The molecule has 6 nitrogen and oxygen atoms in total. The number of carbonyl (C=O) groups excluding carboxylic acids is 1. The first-order valence-electron chi connectivity index (χ1n) is 7.03. The van der Waals surface area contributed by atoms with Gasteiger partial charge in [-0.3, -0.25) is 4.79 Å². The number of ether oxygens (including phenoxy) is 1. The molecule has 3 rings (SSSR count). The van der Waals surface area contributed by atoms with E-state index < -0.39 is 0 Å². The van der Waals surface area contributed by atoms with Crippen molar-refractivity contribution in [3.05, 3.63) is 60.9 Å². The van der Waals surface area contributed by atoms with Crippen molar-refractivity contribution < 1.29 is 9.53 Å². The van der Waals surface area contributed by atoms with E-state index in [0.717, 1.165) is 10.6 Å². The van der Waals surface area contributed by atoms with Gasteiger partial charge < -0.3 is 4.74 Å². The summed E-state index contributed by atoms with van der Waals surface area (Å²) in [7, 11) is 0. The Bertz CT molecular complexity index is 746. The number of thioether (sulfide) groups is 1. The minimum Gasteiger partial charge on any atom is -0.427 e. The van der Waals surface area contributed by atoms with Gasteiger partial charge in [0.05, 0.1) is 12.1 Å². The van der Waals surface area contributed by atoms with E-state index >= 15 is 0 Å². The fraction of sp³-hybridized carbons (Fsp3) is 0.125. The van der Waals surface area contributed by atoms with Crippen LogP contribution >= 0.6 is 11.8 Å². The van der Waals surface area contributed by atoms with Crippen molar-refractivity contribution in [3.63, 3.8) is 0 Å². The average molecular weight is 326 g/mol. The maximum atomic E-state index is 11.8. The topological polar surface area (TPSA) is 69.9 Å². The lowest BCUT2D eigenvalue weighted by atomic mass is 10.3. The maximum absolute atomic E-state index is 11.8. The van der Waals surface area contributed by atoms with Crippen molar-refractivity contribution in [3.8, 4) is 11.4 Å². The molecule has 0 bridgehead atoms. The number of aromatic nitrogens is 4. The highest BCUT2D eigenvalue weighted by molar-refractivity contribution is 7.99. The third kappa shape index (κ3) is 4.40. The Balaban J connectivity index is 1.48. The Morgan fingerprint density at radius 1 is 1.09 bits per heavy atom. The first kappa shape index (κ1) is 15.2. The Kier molecular flexibility index (Phi) is 5.00. The Morgan fingerprint density at radius 3 is 2.57 bits per heavy atom. The zero-order valence-electron chi connectivity index (χ0n) is 12.2. The number of carbonyl (C=O) groups is 1. The molecule has 0 atom stereocenters. The third-order valence-electron chi connectivity index (χ3n) is 3.00. The van der Waals surface area contributed by atoms with E-state index in [1.807, 2.05) is 30.3 Å². The largest absolute Gasteiger partial charge is 0.427 e. The summed E-state index contributed by atoms with van der Waals surface area (Å²) in [4.78, 5) is 13.0. The third-order valence-corrected chi connectivity index (χ3v) is 4.01. The van der Waals surface area contributed by atoms with Gasteiger partial charge in [-0.05, 0) is 46.8 Å². The summed E-state index contributed by atoms with van der Waals surface area (Å²) in [5, 5.41) is 10.9. The second-order valence-electron chi connectivity index (χ2n) is 4.63. The van der Waals surface area contributed by atoms with Crippen LogP contribution in [0.15, 0.2) is 65.8 Å². The van der Waals surface area contributed by atoms with Gasteiger partial charge in [0.15, 0.2) is 0 Å². The molecule has 0 unspecified atom stereocenters. The lowest BCUT2D eigenvalue weighted by Crippen LogP contribution is -2.08. The molecular formula is C16H14N4O2S. The van der Waals surface area contributed by atoms with Crippen molar-refractivity contribution in [2.24, 2.45) is 0 Å². The van der Waals surface area contributed by atoms with E-state index in [1.165, 1.54) is 11.0 Å². The molecule has 116 valence electrons. The molecule has 0 aliphatic rings. The summed E-state index contributed by atoms with van der Waals surface area (Å²) in [5.74, 6) is 0.950. The van der Waals surface area contributed by atoms with Crippen LogP contribution < -0.4 is 4.74 Å². The highest BCUT2D eigenvalue weighted by atomic mass is 32.2. The fourth-order valence-corrected chi connectivity index (χ4v) is 2.75. The molecule has 7 heteroatoms. The average Bonchev–Trinajstić information content (AvgIpc) is 3.11. The van der Waals surface area contributed by atoms with E-state index in [1.54, 1.807) is 36.0 Å². The van der Waals surface area contributed by atoms with Crippen LogP contribution in [0.3, 0.4) is 0 Å². The number of esters is 1. The van der Waals surface area contributed by atoms with Crippen LogP contribution in [0.2, 0.25) is 0 Å². The van der Waals surface area contributed by atoms with Crippen LogP contribution in [0.25, 0.3) is 5.69 Å². The molecule has 0 radical (unpaired) electrons. The summed E-state index contributed by atoms with van der Waals surface area (Å²) in [6, 6.07) is 17.0. The van der Waals surface area contributed by atoms with Crippen molar-refractivity contribution >= 4 is 17.7 Å². The van der Waals surface area contributed by atoms with Crippen molar-refractivity contribution in [2.75, 3.05) is 5.75 Å². The molecule has 0 amide bonds. The van der Waals surface area contributed by atoms with Crippen LogP contribution in [0.1, 0.15) is 6.42 Å². The molecule has 0 spiro atoms. The van der Waals surface area contributed by atoms with E-state index in [4.69, 9.17) is 4.74 Å². The molecule has 0 N–H and O–H groups in total. The standard InChI is InChI=1S/C16H14N4O2S/c21-16(10-11-23-15-4-2-1-3-5-15)22-14-8-6-13(7-9-14)20-12-17-18-19-20/h1-9,12H,10-11H2. The number of nitrogens with zero attached hydrogens (tertiary/aromatic N) is 4. The van der Waals surface area contributed by atoms with Crippen LogP contribution in [0, 0.1) is 0 Å². The number of hydrogen-bond donors (Lipinski definition) is 0. The minimum atomic E-state index is -0.247. The Labute approximate surface area is 137 Å². The zero-order chi connectivity index (χ0) is 15.9.